The van der Waals surface area contributed by atoms with Crippen molar-refractivity contribution in [1.29, 1.82) is 0 Å². The van der Waals surface area contributed by atoms with Crippen molar-refractivity contribution >= 4 is 17.7 Å². The Bertz CT molecular complexity index is 568. The van der Waals surface area contributed by atoms with Crippen LogP contribution in [0.25, 0.3) is 0 Å². The quantitative estimate of drug-likeness (QED) is 0.765. The van der Waals surface area contributed by atoms with Crippen LogP contribution < -0.4 is 9.47 Å². The fourth-order valence-corrected chi connectivity index (χ4v) is 3.44. The molecule has 2 aliphatic heterocycles. The van der Waals surface area contributed by atoms with Gasteiger partial charge in [-0.25, -0.2) is 0 Å². The largest absolute Gasteiger partial charge is 0.497 e. The third-order valence-corrected chi connectivity index (χ3v) is 5.04. The standard InChI is InChI=1S/C18H25NO5S/c1-21-13-4-3-5-14(8-13)24-15-11-22-16-9-19(10-17(16)23-12-15)18(20)6-7-25-2/h3-5,8,15-17H,6-7,9-12H2,1-2H3/t16-,17-/m0/s1. The van der Waals surface area contributed by atoms with Crippen molar-refractivity contribution < 1.29 is 23.7 Å². The summed E-state index contributed by atoms with van der Waals surface area (Å²) >= 11 is 1.69. The molecule has 0 saturated carbocycles. The molecular formula is C18H25NO5S. The van der Waals surface area contributed by atoms with Crippen LogP contribution in [0, 0.1) is 0 Å². The summed E-state index contributed by atoms with van der Waals surface area (Å²) in [5.74, 6) is 2.52. The first-order chi connectivity index (χ1) is 12.2. The normalized spacial score (nSPS) is 23.8. The van der Waals surface area contributed by atoms with Gasteiger partial charge in [0.05, 0.1) is 20.3 Å². The number of rotatable bonds is 6. The lowest BCUT2D eigenvalue weighted by atomic mass is 10.3. The van der Waals surface area contributed by atoms with E-state index in [2.05, 4.69) is 0 Å². The van der Waals surface area contributed by atoms with E-state index < -0.39 is 0 Å². The van der Waals surface area contributed by atoms with E-state index in [1.54, 1.807) is 18.9 Å². The van der Waals surface area contributed by atoms with Crippen molar-refractivity contribution in [2.24, 2.45) is 0 Å². The van der Waals surface area contributed by atoms with Crippen LogP contribution in [0.3, 0.4) is 0 Å². The van der Waals surface area contributed by atoms with Gasteiger partial charge in [-0.15, -0.1) is 0 Å². The summed E-state index contributed by atoms with van der Waals surface area (Å²) in [6.07, 6.45) is 2.27. The van der Waals surface area contributed by atoms with E-state index in [4.69, 9.17) is 18.9 Å². The number of nitrogens with zero attached hydrogens (tertiary/aromatic N) is 1. The lowest BCUT2D eigenvalue weighted by Crippen LogP contribution is -2.33. The third-order valence-electron chi connectivity index (χ3n) is 4.42. The number of hydrogen-bond donors (Lipinski definition) is 0. The van der Waals surface area contributed by atoms with Crippen LogP contribution in [0.5, 0.6) is 11.5 Å². The molecule has 138 valence electrons. The van der Waals surface area contributed by atoms with Crippen molar-refractivity contribution in [2.75, 3.05) is 45.4 Å². The zero-order chi connectivity index (χ0) is 17.6. The van der Waals surface area contributed by atoms with Crippen LogP contribution in [0.1, 0.15) is 6.42 Å². The van der Waals surface area contributed by atoms with E-state index in [1.807, 2.05) is 35.4 Å². The van der Waals surface area contributed by atoms with Crippen molar-refractivity contribution in [3.05, 3.63) is 24.3 Å². The molecule has 1 aromatic rings. The lowest BCUT2D eigenvalue weighted by molar-refractivity contribution is -0.130. The highest BCUT2D eigenvalue weighted by Crippen LogP contribution is 2.24. The molecule has 0 unspecified atom stereocenters. The van der Waals surface area contributed by atoms with Crippen LogP contribution in [0.4, 0.5) is 0 Å². The summed E-state index contributed by atoms with van der Waals surface area (Å²) in [5.41, 5.74) is 0. The summed E-state index contributed by atoms with van der Waals surface area (Å²) < 4.78 is 23.1. The van der Waals surface area contributed by atoms with Crippen LogP contribution in [0.15, 0.2) is 24.3 Å². The van der Waals surface area contributed by atoms with Gasteiger partial charge in [-0.1, -0.05) is 6.07 Å². The maximum atomic E-state index is 12.2. The molecule has 0 aromatic heterocycles. The highest BCUT2D eigenvalue weighted by Gasteiger charge is 2.39. The molecule has 0 bridgehead atoms. The maximum Gasteiger partial charge on any atom is 0.223 e. The van der Waals surface area contributed by atoms with Gasteiger partial charge in [0, 0.05) is 31.3 Å². The van der Waals surface area contributed by atoms with Crippen molar-refractivity contribution in [3.63, 3.8) is 0 Å². The number of fused-ring (bicyclic) bond motifs is 1. The Labute approximate surface area is 152 Å². The number of likely N-dealkylation sites (tertiary alicyclic amines) is 1. The van der Waals surface area contributed by atoms with E-state index in [-0.39, 0.29) is 24.2 Å². The summed E-state index contributed by atoms with van der Waals surface area (Å²) in [6.45, 7) is 2.10. The molecule has 3 rings (SSSR count). The summed E-state index contributed by atoms with van der Waals surface area (Å²) in [4.78, 5) is 14.0. The Morgan fingerprint density at radius 2 is 1.92 bits per heavy atom. The number of hydrogen-bond acceptors (Lipinski definition) is 6. The van der Waals surface area contributed by atoms with Gasteiger partial charge in [0.15, 0.2) is 0 Å². The molecule has 25 heavy (non-hydrogen) atoms. The molecule has 0 radical (unpaired) electrons. The minimum atomic E-state index is -0.168. The second kappa shape index (κ2) is 8.78. The lowest BCUT2D eigenvalue weighted by Gasteiger charge is -2.19. The maximum absolute atomic E-state index is 12.2. The predicted molar refractivity (Wildman–Crippen MR) is 96.5 cm³/mol. The SMILES string of the molecule is COc1cccc(OC2CO[C@H]3CN(C(=O)CCSC)C[C@@H]3OC2)c1. The Balaban J connectivity index is 1.51. The summed E-state index contributed by atoms with van der Waals surface area (Å²) in [5, 5.41) is 0. The first-order valence-corrected chi connectivity index (χ1v) is 9.89. The Morgan fingerprint density at radius 3 is 2.56 bits per heavy atom. The highest BCUT2D eigenvalue weighted by atomic mass is 32.2. The molecule has 0 N–H and O–H groups in total. The minimum absolute atomic E-state index is 0.0721. The van der Waals surface area contributed by atoms with Gasteiger partial charge in [0.2, 0.25) is 5.91 Å². The van der Waals surface area contributed by atoms with E-state index in [1.165, 1.54) is 0 Å². The average molecular weight is 367 g/mol. The zero-order valence-electron chi connectivity index (χ0n) is 14.7. The molecule has 2 aliphatic rings. The molecule has 1 amide bonds. The number of methoxy groups -OCH3 is 1. The average Bonchev–Trinajstić information content (AvgIpc) is 2.96. The fraction of sp³-hybridized carbons (Fsp3) is 0.611. The van der Waals surface area contributed by atoms with Crippen LogP contribution in [-0.4, -0.2) is 74.5 Å². The van der Waals surface area contributed by atoms with Crippen LogP contribution in [0.2, 0.25) is 0 Å². The van der Waals surface area contributed by atoms with E-state index >= 15 is 0 Å². The first kappa shape index (κ1) is 18.4. The molecule has 0 spiro atoms. The van der Waals surface area contributed by atoms with Crippen molar-refractivity contribution in [2.45, 2.75) is 24.7 Å². The zero-order valence-corrected chi connectivity index (χ0v) is 15.5. The second-order valence-corrected chi connectivity index (χ2v) is 7.19. The molecule has 7 heteroatoms. The van der Waals surface area contributed by atoms with Crippen molar-refractivity contribution in [1.82, 2.24) is 4.90 Å². The van der Waals surface area contributed by atoms with Crippen molar-refractivity contribution in [3.8, 4) is 11.5 Å². The van der Waals surface area contributed by atoms with Gasteiger partial charge in [0.1, 0.15) is 29.8 Å². The van der Waals surface area contributed by atoms with E-state index in [0.29, 0.717) is 32.7 Å². The van der Waals surface area contributed by atoms with E-state index in [9.17, 15) is 4.79 Å². The molecule has 1 aromatic carbocycles. The summed E-state index contributed by atoms with van der Waals surface area (Å²) in [6, 6.07) is 7.50. The summed E-state index contributed by atoms with van der Waals surface area (Å²) in [7, 11) is 1.63. The topological polar surface area (TPSA) is 57.2 Å². The molecule has 2 saturated heterocycles. The Kier molecular flexibility index (Phi) is 6.45. The predicted octanol–water partition coefficient (Wildman–Crippen LogP) is 1.82. The number of amides is 1. The number of carbonyl (C=O) groups excluding carboxylic acids is 1. The highest BCUT2D eigenvalue weighted by molar-refractivity contribution is 7.98. The van der Waals surface area contributed by atoms with E-state index in [0.717, 1.165) is 17.3 Å². The van der Waals surface area contributed by atoms with Crippen LogP contribution in [-0.2, 0) is 14.3 Å². The molecule has 2 atom stereocenters. The smallest absolute Gasteiger partial charge is 0.223 e. The minimum Gasteiger partial charge on any atom is -0.497 e. The van der Waals surface area contributed by atoms with Gasteiger partial charge in [-0.3, -0.25) is 4.79 Å². The van der Waals surface area contributed by atoms with Gasteiger partial charge >= 0.3 is 0 Å². The number of ether oxygens (including phenoxy) is 4. The molecule has 0 aliphatic carbocycles. The number of benzene rings is 1. The van der Waals surface area contributed by atoms with Crippen LogP contribution >= 0.6 is 11.8 Å². The number of thioether (sulfide) groups is 1. The first-order valence-electron chi connectivity index (χ1n) is 8.50. The number of carbonyl (C=O) groups is 1. The molecule has 6 nitrogen and oxygen atoms in total. The van der Waals surface area contributed by atoms with Gasteiger partial charge in [0.25, 0.3) is 0 Å². The van der Waals surface area contributed by atoms with Gasteiger partial charge in [-0.05, 0) is 18.4 Å². The monoisotopic (exact) mass is 367 g/mol. The molecular weight excluding hydrogens is 342 g/mol. The fourth-order valence-electron chi connectivity index (χ4n) is 3.06. The van der Waals surface area contributed by atoms with Gasteiger partial charge in [-0.2, -0.15) is 11.8 Å². The Hall–Kier alpha value is -1.44. The Morgan fingerprint density at radius 1 is 1.24 bits per heavy atom. The second-order valence-electron chi connectivity index (χ2n) is 6.20. The van der Waals surface area contributed by atoms with Gasteiger partial charge < -0.3 is 23.8 Å². The third kappa shape index (κ3) is 4.80. The molecule has 2 fully saturated rings. The molecule has 2 heterocycles.